The Morgan fingerprint density at radius 2 is 2.38 bits per heavy atom. The average Bonchev–Trinajstić information content (AvgIpc) is 2.87. The molecule has 0 bridgehead atoms. The smallest absolute Gasteiger partial charge is 0.335 e. The highest BCUT2D eigenvalue weighted by molar-refractivity contribution is 5.74. The fraction of sp³-hybridized carbons (Fsp3) is 0.889. The molecule has 0 aromatic heterocycles. The largest absolute Gasteiger partial charge is 0.464 e. The van der Waals surface area contributed by atoms with E-state index in [4.69, 9.17) is 14.2 Å². The molecule has 2 aliphatic heterocycles. The standard InChI is InChI=1S/C9H14O4/c1-2-11-8(10)7-3-4-9(5-12-7)6-13-9/h7H,2-6H2,1H3. The highest BCUT2D eigenvalue weighted by Crippen LogP contribution is 2.37. The first-order chi connectivity index (χ1) is 6.26. The van der Waals surface area contributed by atoms with Gasteiger partial charge < -0.3 is 14.2 Å². The van der Waals surface area contributed by atoms with Crippen LogP contribution < -0.4 is 0 Å². The molecule has 0 radical (unpaired) electrons. The van der Waals surface area contributed by atoms with Gasteiger partial charge in [0.05, 0.1) is 19.8 Å². The van der Waals surface area contributed by atoms with E-state index in [2.05, 4.69) is 0 Å². The van der Waals surface area contributed by atoms with E-state index in [0.717, 1.165) is 19.4 Å². The van der Waals surface area contributed by atoms with E-state index in [-0.39, 0.29) is 17.7 Å². The fourth-order valence-corrected chi connectivity index (χ4v) is 1.55. The van der Waals surface area contributed by atoms with E-state index in [9.17, 15) is 4.79 Å². The van der Waals surface area contributed by atoms with Gasteiger partial charge in [0.2, 0.25) is 0 Å². The number of epoxide rings is 1. The number of hydrogen-bond acceptors (Lipinski definition) is 4. The van der Waals surface area contributed by atoms with Crippen molar-refractivity contribution in [1.29, 1.82) is 0 Å². The van der Waals surface area contributed by atoms with Crippen molar-refractivity contribution in [3.63, 3.8) is 0 Å². The SMILES string of the molecule is CCOC(=O)C1CCC2(CO1)CO2. The molecule has 2 saturated heterocycles. The Bertz CT molecular complexity index is 200. The lowest BCUT2D eigenvalue weighted by Crippen LogP contribution is -2.37. The normalized spacial score (nSPS) is 37.5. The van der Waals surface area contributed by atoms with Gasteiger partial charge in [-0.15, -0.1) is 0 Å². The lowest BCUT2D eigenvalue weighted by Gasteiger charge is -2.25. The summed E-state index contributed by atoms with van der Waals surface area (Å²) in [6, 6.07) is 0. The van der Waals surface area contributed by atoms with Gasteiger partial charge in [0.25, 0.3) is 0 Å². The van der Waals surface area contributed by atoms with Crippen LogP contribution in [0.4, 0.5) is 0 Å². The fourth-order valence-electron chi connectivity index (χ4n) is 1.55. The zero-order chi connectivity index (χ0) is 9.31. The van der Waals surface area contributed by atoms with Crippen LogP contribution in [-0.2, 0) is 19.0 Å². The van der Waals surface area contributed by atoms with Crippen LogP contribution in [-0.4, -0.2) is 37.5 Å². The maximum atomic E-state index is 11.2. The second kappa shape index (κ2) is 3.27. The molecule has 2 fully saturated rings. The number of carbonyl (C=O) groups is 1. The van der Waals surface area contributed by atoms with Gasteiger partial charge in [0, 0.05) is 0 Å². The summed E-state index contributed by atoms with van der Waals surface area (Å²) in [6.45, 7) is 3.53. The summed E-state index contributed by atoms with van der Waals surface area (Å²) in [5, 5.41) is 0. The molecule has 2 heterocycles. The number of esters is 1. The molecule has 2 atom stereocenters. The van der Waals surface area contributed by atoms with Gasteiger partial charge >= 0.3 is 5.97 Å². The first-order valence-corrected chi connectivity index (χ1v) is 4.68. The maximum absolute atomic E-state index is 11.2. The molecular weight excluding hydrogens is 172 g/mol. The second-order valence-corrected chi connectivity index (χ2v) is 3.56. The van der Waals surface area contributed by atoms with Gasteiger partial charge in [0.15, 0.2) is 6.10 Å². The van der Waals surface area contributed by atoms with Crippen molar-refractivity contribution in [2.45, 2.75) is 31.5 Å². The summed E-state index contributed by atoms with van der Waals surface area (Å²) < 4.78 is 15.5. The minimum atomic E-state index is -0.366. The van der Waals surface area contributed by atoms with Crippen LogP contribution in [0.3, 0.4) is 0 Å². The third-order valence-electron chi connectivity index (χ3n) is 2.51. The monoisotopic (exact) mass is 186 g/mol. The van der Waals surface area contributed by atoms with Crippen molar-refractivity contribution >= 4 is 5.97 Å². The van der Waals surface area contributed by atoms with E-state index < -0.39 is 0 Å². The number of ether oxygens (including phenoxy) is 3. The van der Waals surface area contributed by atoms with Gasteiger partial charge in [-0.25, -0.2) is 4.79 Å². The Hall–Kier alpha value is -0.610. The maximum Gasteiger partial charge on any atom is 0.335 e. The number of carbonyl (C=O) groups excluding carboxylic acids is 1. The molecule has 2 unspecified atom stereocenters. The van der Waals surface area contributed by atoms with Crippen LogP contribution in [0.15, 0.2) is 0 Å². The Balaban J connectivity index is 1.80. The zero-order valence-electron chi connectivity index (χ0n) is 7.75. The minimum Gasteiger partial charge on any atom is -0.464 e. The summed E-state index contributed by atoms with van der Waals surface area (Å²) in [7, 11) is 0. The molecule has 4 heteroatoms. The number of rotatable bonds is 2. The zero-order valence-corrected chi connectivity index (χ0v) is 7.75. The molecule has 0 aromatic rings. The molecule has 0 amide bonds. The Morgan fingerprint density at radius 3 is 2.85 bits per heavy atom. The van der Waals surface area contributed by atoms with Gasteiger partial charge in [0.1, 0.15) is 5.60 Å². The second-order valence-electron chi connectivity index (χ2n) is 3.56. The van der Waals surface area contributed by atoms with Gasteiger partial charge in [-0.1, -0.05) is 0 Å². The highest BCUT2D eigenvalue weighted by Gasteiger charge is 2.49. The van der Waals surface area contributed by atoms with Crippen molar-refractivity contribution < 1.29 is 19.0 Å². The molecule has 2 aliphatic rings. The molecule has 1 spiro atoms. The van der Waals surface area contributed by atoms with E-state index >= 15 is 0 Å². The van der Waals surface area contributed by atoms with Crippen LogP contribution in [0, 0.1) is 0 Å². The van der Waals surface area contributed by atoms with Gasteiger partial charge in [-0.2, -0.15) is 0 Å². The average molecular weight is 186 g/mol. The minimum absolute atomic E-state index is 0.0387. The Labute approximate surface area is 77.1 Å². The van der Waals surface area contributed by atoms with Crippen LogP contribution in [0.25, 0.3) is 0 Å². The highest BCUT2D eigenvalue weighted by atomic mass is 16.6. The van der Waals surface area contributed by atoms with Crippen LogP contribution in [0.1, 0.15) is 19.8 Å². The topological polar surface area (TPSA) is 48.1 Å². The lowest BCUT2D eigenvalue weighted by molar-refractivity contribution is -0.162. The summed E-state index contributed by atoms with van der Waals surface area (Å²) in [4.78, 5) is 11.2. The molecule has 4 nitrogen and oxygen atoms in total. The molecular formula is C9H14O4. The Kier molecular flexibility index (Phi) is 2.26. The van der Waals surface area contributed by atoms with Crippen molar-refractivity contribution in [2.24, 2.45) is 0 Å². The molecule has 2 rings (SSSR count). The third-order valence-corrected chi connectivity index (χ3v) is 2.51. The van der Waals surface area contributed by atoms with Crippen LogP contribution in [0.2, 0.25) is 0 Å². The molecule has 74 valence electrons. The van der Waals surface area contributed by atoms with Crippen molar-refractivity contribution in [3.8, 4) is 0 Å². The molecule has 0 saturated carbocycles. The van der Waals surface area contributed by atoms with Crippen molar-refractivity contribution in [1.82, 2.24) is 0 Å². The van der Waals surface area contributed by atoms with Gasteiger partial charge in [-0.3, -0.25) is 0 Å². The van der Waals surface area contributed by atoms with E-state index in [0.29, 0.717) is 13.2 Å². The van der Waals surface area contributed by atoms with Gasteiger partial charge in [-0.05, 0) is 19.8 Å². The number of hydrogen-bond donors (Lipinski definition) is 0. The molecule has 13 heavy (non-hydrogen) atoms. The summed E-state index contributed by atoms with van der Waals surface area (Å²) in [6.07, 6.45) is 1.27. The summed E-state index contributed by atoms with van der Waals surface area (Å²) in [5.41, 5.74) is -0.0387. The van der Waals surface area contributed by atoms with Crippen LogP contribution in [0.5, 0.6) is 0 Å². The first-order valence-electron chi connectivity index (χ1n) is 4.68. The molecule has 0 N–H and O–H groups in total. The summed E-state index contributed by atoms with van der Waals surface area (Å²) in [5.74, 6) is -0.238. The van der Waals surface area contributed by atoms with Crippen LogP contribution >= 0.6 is 0 Å². The van der Waals surface area contributed by atoms with E-state index in [1.807, 2.05) is 0 Å². The van der Waals surface area contributed by atoms with Crippen molar-refractivity contribution in [2.75, 3.05) is 19.8 Å². The van der Waals surface area contributed by atoms with E-state index in [1.165, 1.54) is 0 Å². The third kappa shape index (κ3) is 1.84. The van der Waals surface area contributed by atoms with Crippen molar-refractivity contribution in [3.05, 3.63) is 0 Å². The first kappa shape index (κ1) is 8.97. The van der Waals surface area contributed by atoms with E-state index in [1.54, 1.807) is 6.92 Å². The summed E-state index contributed by atoms with van der Waals surface area (Å²) >= 11 is 0. The Morgan fingerprint density at radius 1 is 1.62 bits per heavy atom. The lowest BCUT2D eigenvalue weighted by atomic mass is 9.99. The molecule has 0 aliphatic carbocycles. The predicted molar refractivity (Wildman–Crippen MR) is 44.3 cm³/mol. The quantitative estimate of drug-likeness (QED) is 0.465. The predicted octanol–water partition coefficient (Wildman–Crippen LogP) is 0.497. The molecule has 0 aromatic carbocycles.